The molecular formula is C115H230. The van der Waals surface area contributed by atoms with Crippen LogP contribution < -0.4 is 0 Å². The van der Waals surface area contributed by atoms with Gasteiger partial charge in [-0.05, 0) is 274 Å². The van der Waals surface area contributed by atoms with Crippen LogP contribution in [0.15, 0.2) is 0 Å². The van der Waals surface area contributed by atoms with Crippen LogP contribution in [-0.4, -0.2) is 0 Å². The molecule has 10 aliphatic rings. The summed E-state index contributed by atoms with van der Waals surface area (Å²) in [6.45, 7) is 70.6. The van der Waals surface area contributed by atoms with Gasteiger partial charge in [-0.3, -0.25) is 0 Å². The molecule has 20 unspecified atom stereocenters. The summed E-state index contributed by atoms with van der Waals surface area (Å²) >= 11 is 0. The first kappa shape index (κ1) is 113. The average molecular weight is 1610 g/mol. The normalized spacial score (nSPS) is 30.8. The molecule has 10 fully saturated rings. The van der Waals surface area contributed by atoms with Crippen molar-refractivity contribution >= 4 is 0 Å². The van der Waals surface area contributed by atoms with Gasteiger partial charge in [0.05, 0.1) is 0 Å². The first-order chi connectivity index (χ1) is 54.7. The van der Waals surface area contributed by atoms with Gasteiger partial charge in [-0.1, -0.05) is 465 Å². The minimum atomic E-state index is 0.899. The molecular weight excluding hydrogens is 1380 g/mol. The van der Waals surface area contributed by atoms with Crippen LogP contribution >= 0.6 is 0 Å². The van der Waals surface area contributed by atoms with Crippen LogP contribution in [0.5, 0.6) is 0 Å². The van der Waals surface area contributed by atoms with Crippen molar-refractivity contribution in [3.05, 3.63) is 0 Å². The van der Waals surface area contributed by atoms with Gasteiger partial charge in [0.2, 0.25) is 0 Å². The van der Waals surface area contributed by atoms with Crippen LogP contribution in [-0.2, 0) is 0 Å². The Balaban J connectivity index is 0.000000640. The second-order valence-corrected chi connectivity index (χ2v) is 47.4. The number of hydrogen-bond donors (Lipinski definition) is 0. The number of hydrogen-bond acceptors (Lipinski definition) is 0. The van der Waals surface area contributed by atoms with Crippen LogP contribution in [0.4, 0.5) is 0 Å². The Hall–Kier alpha value is 0. The van der Waals surface area contributed by atoms with E-state index in [1.807, 2.05) is 0 Å². The first-order valence-corrected chi connectivity index (χ1v) is 54.7. The molecule has 0 bridgehead atoms. The van der Waals surface area contributed by atoms with Crippen LogP contribution in [0.2, 0.25) is 0 Å². The van der Waals surface area contributed by atoms with Crippen LogP contribution in [0.1, 0.15) is 561 Å². The van der Waals surface area contributed by atoms with E-state index < -0.39 is 0 Å². The quantitative estimate of drug-likeness (QED) is 0.0555. The molecule has 20 atom stereocenters. The standard InChI is InChI=1S/C14H28.2C13H26.2C12H24.2C11H22.2C10H20.C9H18/c1-4-13-8-6-5-7-9-14(13)11-10-12(2)3;1-11(2)9-10-13-8-6-4-5-7-12(13)3;1-4-12-7-5-6-8-13(12)10-9-11(2)3;1-10(2)8-9-12-7-5-4-6-11(12)3;1-4-11-6-5-7-12(11)9-8-10(2)3;1-9(2)7-8-11-6-4-5-10(11)3;1-4-10-7-8-11(10)6-5-9(2)3;1-8(2)4-6-10-7-5-9(10)3;1-4-9-7-10(9)6-5-8(2)3;1-7(2)4-5-9-6-8(9)3/h12-14H,4-11H2,1-3H3;2*11-13H,4-10H2,1-3H3;2*10-12H,4-9H2,1-3H3;2*9-11H,4-8H2,1-3H3;2*8-10H,4-7H2,1-3H3;7-9H,4-6H2,1-3H3. The molecule has 0 aromatic heterocycles. The summed E-state index contributed by atoms with van der Waals surface area (Å²) in [5.74, 6) is 30.4. The largest absolute Gasteiger partial charge is 0.0651 e. The van der Waals surface area contributed by atoms with E-state index in [2.05, 4.69) is 208 Å². The fraction of sp³-hybridized carbons (Fsp3) is 1.00. The fourth-order valence-electron chi connectivity index (χ4n) is 22.2. The van der Waals surface area contributed by atoms with E-state index in [-0.39, 0.29) is 0 Å². The minimum Gasteiger partial charge on any atom is -0.0651 e. The monoisotopic (exact) mass is 1610 g/mol. The number of rotatable bonds is 35. The predicted octanol–water partition coefficient (Wildman–Crippen LogP) is 40.5. The van der Waals surface area contributed by atoms with Crippen molar-refractivity contribution in [2.24, 2.45) is 178 Å². The Kier molecular flexibility index (Phi) is 68.0. The maximum Gasteiger partial charge on any atom is -0.0383 e. The Labute approximate surface area is 733 Å². The summed E-state index contributed by atoms with van der Waals surface area (Å²) in [6, 6.07) is 0. The lowest BCUT2D eigenvalue weighted by Gasteiger charge is -2.36. The van der Waals surface area contributed by atoms with Gasteiger partial charge < -0.3 is 0 Å². The fourth-order valence-corrected chi connectivity index (χ4v) is 22.2. The zero-order valence-electron chi connectivity index (χ0n) is 86.2. The highest BCUT2D eigenvalue weighted by molar-refractivity contribution is 4.86. The van der Waals surface area contributed by atoms with Crippen LogP contribution in [0.3, 0.4) is 0 Å². The molecule has 0 heterocycles. The average Bonchev–Trinajstić information content (AvgIpc) is 1.68. The molecule has 0 aliphatic heterocycles. The Morgan fingerprint density at radius 2 is 0.322 bits per heavy atom. The minimum absolute atomic E-state index is 0.899. The topological polar surface area (TPSA) is 0 Å². The highest BCUT2D eigenvalue weighted by Crippen LogP contribution is 2.47. The third-order valence-corrected chi connectivity index (χ3v) is 32.6. The van der Waals surface area contributed by atoms with Crippen LogP contribution in [0.25, 0.3) is 0 Å². The third kappa shape index (κ3) is 58.8. The van der Waals surface area contributed by atoms with Gasteiger partial charge in [-0.15, -0.1) is 0 Å². The summed E-state index contributed by atoms with van der Waals surface area (Å²) in [4.78, 5) is 0. The molecule has 10 saturated carbocycles. The van der Waals surface area contributed by atoms with Crippen molar-refractivity contribution in [3.63, 3.8) is 0 Å². The summed E-state index contributed by atoms with van der Waals surface area (Å²) in [7, 11) is 0. The molecule has 0 saturated heterocycles. The predicted molar refractivity (Wildman–Crippen MR) is 529 cm³/mol. The molecule has 0 spiro atoms. The molecule has 0 aromatic carbocycles. The van der Waals surface area contributed by atoms with Gasteiger partial charge in [-0.25, -0.2) is 0 Å². The Bertz CT molecular complexity index is 2040. The maximum atomic E-state index is 2.47. The molecule has 10 rings (SSSR count). The summed E-state index contributed by atoms with van der Waals surface area (Å²) in [6.07, 6.45) is 81.5. The van der Waals surface area contributed by atoms with Gasteiger partial charge >= 0.3 is 0 Å². The van der Waals surface area contributed by atoms with E-state index in [0.717, 1.165) is 178 Å². The zero-order valence-corrected chi connectivity index (χ0v) is 86.2. The van der Waals surface area contributed by atoms with E-state index in [1.54, 1.807) is 0 Å². The van der Waals surface area contributed by atoms with Crippen LogP contribution in [0, 0.1) is 178 Å². The SMILES string of the molecule is CC(C)CCC1CC1C.CC(C)CCC1CCC1C.CC(C)CCC1CCCC1C.CC(C)CCC1CCCCC1C.CC(C)CCC1CCCCCC1C.CCC1CC1CCC(C)C.CCC1CCC1CCC(C)C.CCC1CCCC1CCC(C)C.CCC1CCCCC1CCC(C)C.CCC1CCCCCC1CCC(C)C. The summed E-state index contributed by atoms with van der Waals surface area (Å²) in [5, 5.41) is 0. The second-order valence-electron chi connectivity index (χ2n) is 47.4. The molecule has 115 heavy (non-hydrogen) atoms. The lowest BCUT2D eigenvalue weighted by atomic mass is 9.69. The van der Waals surface area contributed by atoms with Crippen molar-refractivity contribution in [3.8, 4) is 0 Å². The van der Waals surface area contributed by atoms with Gasteiger partial charge in [0, 0.05) is 0 Å². The van der Waals surface area contributed by atoms with E-state index in [0.29, 0.717) is 0 Å². The van der Waals surface area contributed by atoms with Gasteiger partial charge in [0.25, 0.3) is 0 Å². The van der Waals surface area contributed by atoms with Gasteiger partial charge in [0.1, 0.15) is 0 Å². The van der Waals surface area contributed by atoms with Crippen molar-refractivity contribution < 1.29 is 0 Å². The molecule has 0 N–H and O–H groups in total. The molecule has 690 valence electrons. The zero-order chi connectivity index (χ0) is 86.2. The molecule has 0 amide bonds. The molecule has 0 nitrogen and oxygen atoms in total. The van der Waals surface area contributed by atoms with Gasteiger partial charge in [0.15, 0.2) is 0 Å². The van der Waals surface area contributed by atoms with Gasteiger partial charge in [-0.2, -0.15) is 0 Å². The highest BCUT2D eigenvalue weighted by atomic mass is 14.4. The Morgan fingerprint density at radius 3 is 0.574 bits per heavy atom. The molecule has 0 heteroatoms. The van der Waals surface area contributed by atoms with E-state index in [1.165, 1.54) is 353 Å². The maximum absolute atomic E-state index is 2.47. The third-order valence-electron chi connectivity index (χ3n) is 32.6. The van der Waals surface area contributed by atoms with Crippen molar-refractivity contribution in [1.82, 2.24) is 0 Å². The molecule has 0 aromatic rings. The van der Waals surface area contributed by atoms with Crippen molar-refractivity contribution in [2.75, 3.05) is 0 Å². The lowest BCUT2D eigenvalue weighted by molar-refractivity contribution is 0.150. The first-order valence-electron chi connectivity index (χ1n) is 54.7. The Morgan fingerprint density at radius 1 is 0.148 bits per heavy atom. The lowest BCUT2D eigenvalue weighted by Crippen LogP contribution is -2.25. The smallest absolute Gasteiger partial charge is 0.0383 e. The molecule has 10 aliphatic carbocycles. The molecule has 0 radical (unpaired) electrons. The highest BCUT2D eigenvalue weighted by Gasteiger charge is 2.35. The summed E-state index contributed by atoms with van der Waals surface area (Å²) < 4.78 is 0. The van der Waals surface area contributed by atoms with Crippen molar-refractivity contribution in [2.45, 2.75) is 561 Å². The van der Waals surface area contributed by atoms with Crippen molar-refractivity contribution in [1.29, 1.82) is 0 Å². The van der Waals surface area contributed by atoms with E-state index in [4.69, 9.17) is 0 Å². The van der Waals surface area contributed by atoms with E-state index in [9.17, 15) is 0 Å². The van der Waals surface area contributed by atoms with E-state index >= 15 is 0 Å². The summed E-state index contributed by atoms with van der Waals surface area (Å²) in [5.41, 5.74) is 0. The second kappa shape index (κ2) is 69.2.